The molecular weight excluding hydrogens is 313 g/mol. The summed E-state index contributed by atoms with van der Waals surface area (Å²) in [5.41, 5.74) is -0.450. The van der Waals surface area contributed by atoms with Crippen molar-refractivity contribution in [3.8, 4) is 0 Å². The third kappa shape index (κ3) is 4.82. The van der Waals surface area contributed by atoms with Crippen LogP contribution in [0.15, 0.2) is 22.7 Å². The zero-order valence-corrected chi connectivity index (χ0v) is 13.4. The summed E-state index contributed by atoms with van der Waals surface area (Å²) in [6, 6.07) is 4.36. The van der Waals surface area contributed by atoms with Gasteiger partial charge in [0.15, 0.2) is 0 Å². The Morgan fingerprint density at radius 2 is 1.84 bits per heavy atom. The molecule has 0 bridgehead atoms. The fourth-order valence-corrected chi connectivity index (χ4v) is 2.47. The van der Waals surface area contributed by atoms with Crippen molar-refractivity contribution in [2.24, 2.45) is 0 Å². The van der Waals surface area contributed by atoms with Gasteiger partial charge in [0.1, 0.15) is 11.4 Å². The van der Waals surface area contributed by atoms with Gasteiger partial charge in [-0.1, -0.05) is 22.0 Å². The number of halogens is 2. The van der Waals surface area contributed by atoms with E-state index in [-0.39, 0.29) is 5.82 Å². The zero-order chi connectivity index (χ0) is 14.8. The Morgan fingerprint density at radius 3 is 2.32 bits per heavy atom. The van der Waals surface area contributed by atoms with Gasteiger partial charge in [-0.05, 0) is 52.3 Å². The maximum absolute atomic E-state index is 13.1. The Kier molecular flexibility index (Phi) is 4.61. The van der Waals surface area contributed by atoms with Crippen LogP contribution < -0.4 is 5.32 Å². The second kappa shape index (κ2) is 5.49. The predicted octanol–water partition coefficient (Wildman–Crippen LogP) is 4.35. The molecule has 0 saturated carbocycles. The molecule has 0 radical (unpaired) electrons. The van der Waals surface area contributed by atoms with Gasteiger partial charge in [0.25, 0.3) is 0 Å². The molecule has 0 saturated heterocycles. The molecule has 0 unspecified atom stereocenters. The zero-order valence-electron chi connectivity index (χ0n) is 11.8. The van der Waals surface area contributed by atoms with Gasteiger partial charge in [0.05, 0.1) is 5.54 Å². The largest absolute Gasteiger partial charge is 0.444 e. The van der Waals surface area contributed by atoms with Crippen LogP contribution in [0.3, 0.4) is 0 Å². The van der Waals surface area contributed by atoms with Crippen LogP contribution in [0.5, 0.6) is 0 Å². The fourth-order valence-electron chi connectivity index (χ4n) is 1.62. The van der Waals surface area contributed by atoms with Gasteiger partial charge in [0, 0.05) is 4.47 Å². The van der Waals surface area contributed by atoms with Gasteiger partial charge in [-0.2, -0.15) is 0 Å². The average molecular weight is 332 g/mol. The maximum Gasteiger partial charge on any atom is 0.408 e. The van der Waals surface area contributed by atoms with Crippen molar-refractivity contribution in [1.29, 1.82) is 0 Å². The highest BCUT2D eigenvalue weighted by Gasteiger charge is 2.28. The van der Waals surface area contributed by atoms with Crippen molar-refractivity contribution in [3.63, 3.8) is 0 Å². The number of benzene rings is 1. The molecule has 5 heteroatoms. The quantitative estimate of drug-likeness (QED) is 0.874. The third-order valence-electron chi connectivity index (χ3n) is 2.42. The molecule has 1 amide bonds. The van der Waals surface area contributed by atoms with E-state index in [0.29, 0.717) is 4.47 Å². The van der Waals surface area contributed by atoms with E-state index in [9.17, 15) is 9.18 Å². The van der Waals surface area contributed by atoms with Crippen LogP contribution in [0.1, 0.15) is 40.2 Å². The number of carbonyl (C=O) groups excluding carboxylic acids is 1. The lowest BCUT2D eigenvalue weighted by Crippen LogP contribution is -2.44. The highest BCUT2D eigenvalue weighted by molar-refractivity contribution is 9.10. The minimum absolute atomic E-state index is 0.330. The molecule has 0 heterocycles. The van der Waals surface area contributed by atoms with Crippen LogP contribution >= 0.6 is 15.9 Å². The Morgan fingerprint density at radius 1 is 1.26 bits per heavy atom. The number of hydrogen-bond acceptors (Lipinski definition) is 2. The van der Waals surface area contributed by atoms with E-state index in [1.165, 1.54) is 12.1 Å². The molecule has 19 heavy (non-hydrogen) atoms. The first-order valence-electron chi connectivity index (χ1n) is 5.98. The number of carbonyl (C=O) groups is 1. The number of rotatable bonds is 2. The number of amides is 1. The summed E-state index contributed by atoms with van der Waals surface area (Å²) in [4.78, 5) is 11.8. The van der Waals surface area contributed by atoms with Gasteiger partial charge in [-0.3, -0.25) is 0 Å². The summed E-state index contributed by atoms with van der Waals surface area (Å²) in [6.45, 7) is 9.05. The third-order valence-corrected chi connectivity index (χ3v) is 3.07. The van der Waals surface area contributed by atoms with Crippen molar-refractivity contribution >= 4 is 22.0 Å². The maximum atomic E-state index is 13.1. The molecule has 0 fully saturated rings. The summed E-state index contributed by atoms with van der Waals surface area (Å²) in [6.07, 6.45) is -0.506. The monoisotopic (exact) mass is 331 g/mol. The smallest absolute Gasteiger partial charge is 0.408 e. The highest BCUT2D eigenvalue weighted by Crippen LogP contribution is 2.29. The molecule has 1 aromatic rings. The van der Waals surface area contributed by atoms with Crippen molar-refractivity contribution in [3.05, 3.63) is 34.1 Å². The Balaban J connectivity index is 2.89. The molecule has 1 rings (SSSR count). The van der Waals surface area contributed by atoms with Gasteiger partial charge in [0.2, 0.25) is 0 Å². The van der Waals surface area contributed by atoms with Crippen molar-refractivity contribution < 1.29 is 13.9 Å². The van der Waals surface area contributed by atoms with E-state index in [1.54, 1.807) is 26.8 Å². The summed E-state index contributed by atoms with van der Waals surface area (Å²) in [5.74, 6) is -0.330. The second-order valence-corrected chi connectivity index (χ2v) is 6.73. The van der Waals surface area contributed by atoms with Crippen molar-refractivity contribution in [2.75, 3.05) is 0 Å². The SMILES string of the molecule is CC(C)(C)OC(=O)NC(C)(C)c1ccc(F)cc1Br. The lowest BCUT2D eigenvalue weighted by Gasteiger charge is -2.29. The molecule has 0 spiro atoms. The van der Waals surface area contributed by atoms with Crippen molar-refractivity contribution in [2.45, 2.75) is 45.8 Å². The molecule has 1 aromatic carbocycles. The number of hydrogen-bond donors (Lipinski definition) is 1. The molecule has 0 aromatic heterocycles. The molecular formula is C14H19BrFNO2. The molecule has 0 atom stereocenters. The normalized spacial score (nSPS) is 12.2. The highest BCUT2D eigenvalue weighted by atomic mass is 79.9. The summed E-state index contributed by atoms with van der Waals surface area (Å²) < 4.78 is 18.9. The molecule has 0 aliphatic heterocycles. The Bertz CT molecular complexity index is 481. The van der Waals surface area contributed by atoms with Gasteiger partial charge >= 0.3 is 6.09 Å². The number of ether oxygens (including phenoxy) is 1. The first-order valence-corrected chi connectivity index (χ1v) is 6.77. The minimum Gasteiger partial charge on any atom is -0.444 e. The first kappa shape index (κ1) is 16.0. The van der Waals surface area contributed by atoms with Crippen LogP contribution in [0.2, 0.25) is 0 Å². The van der Waals surface area contributed by atoms with Crippen LogP contribution in [-0.2, 0) is 10.3 Å². The molecule has 106 valence electrons. The lowest BCUT2D eigenvalue weighted by atomic mass is 9.94. The van der Waals surface area contributed by atoms with Crippen LogP contribution in [-0.4, -0.2) is 11.7 Å². The van der Waals surface area contributed by atoms with Crippen LogP contribution in [0, 0.1) is 5.82 Å². The van der Waals surface area contributed by atoms with E-state index in [4.69, 9.17) is 4.74 Å². The summed E-state index contributed by atoms with van der Waals surface area (Å²) in [7, 11) is 0. The first-order chi connectivity index (χ1) is 8.51. The fraction of sp³-hybridized carbons (Fsp3) is 0.500. The standard InChI is InChI=1S/C14H19BrFNO2/c1-13(2,3)19-12(18)17-14(4,5)10-7-6-9(16)8-11(10)15/h6-8H,1-5H3,(H,17,18). The summed E-state index contributed by atoms with van der Waals surface area (Å²) >= 11 is 3.30. The van der Waals surface area contributed by atoms with Gasteiger partial charge in [-0.25, -0.2) is 9.18 Å². The minimum atomic E-state index is -0.672. The van der Waals surface area contributed by atoms with E-state index >= 15 is 0 Å². The van der Waals surface area contributed by atoms with Crippen LogP contribution in [0.4, 0.5) is 9.18 Å². The van der Waals surface area contributed by atoms with Gasteiger partial charge < -0.3 is 10.1 Å². The van der Waals surface area contributed by atoms with Gasteiger partial charge in [-0.15, -0.1) is 0 Å². The second-order valence-electron chi connectivity index (χ2n) is 5.88. The Labute approximate surface area is 121 Å². The predicted molar refractivity (Wildman–Crippen MR) is 76.5 cm³/mol. The van der Waals surface area contributed by atoms with E-state index in [1.807, 2.05) is 13.8 Å². The van der Waals surface area contributed by atoms with E-state index in [0.717, 1.165) is 5.56 Å². The molecule has 0 aliphatic carbocycles. The number of nitrogens with one attached hydrogen (secondary N) is 1. The average Bonchev–Trinajstić information content (AvgIpc) is 2.11. The van der Waals surface area contributed by atoms with E-state index < -0.39 is 17.2 Å². The molecule has 1 N–H and O–H groups in total. The topological polar surface area (TPSA) is 38.3 Å². The Hall–Kier alpha value is -1.10. The molecule has 0 aliphatic rings. The summed E-state index contributed by atoms with van der Waals surface area (Å²) in [5, 5.41) is 2.78. The van der Waals surface area contributed by atoms with Crippen molar-refractivity contribution in [1.82, 2.24) is 5.32 Å². The number of alkyl carbamates (subject to hydrolysis) is 1. The lowest BCUT2D eigenvalue weighted by molar-refractivity contribution is 0.0470. The molecule has 3 nitrogen and oxygen atoms in total. The van der Waals surface area contributed by atoms with E-state index in [2.05, 4.69) is 21.2 Å². The van der Waals surface area contributed by atoms with Crippen LogP contribution in [0.25, 0.3) is 0 Å².